The zero-order valence-corrected chi connectivity index (χ0v) is 22.3. The molecule has 36 heavy (non-hydrogen) atoms. The number of fused-ring (bicyclic) bond motifs is 5. The quantitative estimate of drug-likeness (QED) is 0.180. The summed E-state index contributed by atoms with van der Waals surface area (Å²) in [5.74, 6) is 0. The van der Waals surface area contributed by atoms with Crippen LogP contribution in [0.15, 0.2) is 95.4 Å². The fraction of sp³-hybridized carbons (Fsp3) is 0.188. The van der Waals surface area contributed by atoms with E-state index in [1.807, 2.05) is 7.48 Å². The molecule has 6 rings (SSSR count). The largest absolute Gasteiger partial charge is 0.456 e. The third kappa shape index (κ3) is 4.01. The highest BCUT2D eigenvalue weighted by Crippen LogP contribution is 2.37. The topological polar surface area (TPSA) is 22.4 Å². The smallest absolute Gasteiger partial charge is 0.330 e. The summed E-state index contributed by atoms with van der Waals surface area (Å²) in [7, 11) is 4.77. The van der Waals surface area contributed by atoms with Crippen LogP contribution < -0.4 is 5.46 Å². The molecule has 1 atom stereocenters. The molecule has 0 aliphatic rings. The van der Waals surface area contributed by atoms with Crippen molar-refractivity contribution in [1.82, 2.24) is 0 Å². The summed E-state index contributed by atoms with van der Waals surface area (Å²) in [6.45, 7) is 8.57. The molecule has 6 aromatic rings. The Morgan fingerprint density at radius 3 is 2.17 bits per heavy atom. The third-order valence-electron chi connectivity index (χ3n) is 7.59. The zero-order chi connectivity index (χ0) is 25.1. The average Bonchev–Trinajstić information content (AvgIpc) is 3.21. The van der Waals surface area contributed by atoms with Crippen LogP contribution in [0.5, 0.6) is 0 Å². The lowest BCUT2D eigenvalue weighted by Crippen LogP contribution is -2.45. The van der Waals surface area contributed by atoms with E-state index in [1.165, 1.54) is 32.7 Å². The molecule has 0 fully saturated rings. The molecule has 1 unspecified atom stereocenters. The third-order valence-corrected chi connectivity index (χ3v) is 8.29. The molecule has 0 saturated carbocycles. The van der Waals surface area contributed by atoms with E-state index in [2.05, 4.69) is 128 Å². The second-order valence-electron chi connectivity index (χ2n) is 10.8. The summed E-state index contributed by atoms with van der Waals surface area (Å²) >= 11 is 0. The van der Waals surface area contributed by atoms with Gasteiger partial charge in [0, 0.05) is 15.9 Å². The molecule has 0 spiro atoms. The Bertz CT molecular complexity index is 1760. The van der Waals surface area contributed by atoms with E-state index in [9.17, 15) is 0 Å². The first-order valence-electron chi connectivity index (χ1n) is 12.4. The fourth-order valence-electron chi connectivity index (χ4n) is 4.62. The van der Waals surface area contributed by atoms with E-state index in [0.717, 1.165) is 27.4 Å². The Balaban J connectivity index is 1.40. The van der Waals surface area contributed by atoms with Crippen LogP contribution in [0.2, 0.25) is 0 Å². The van der Waals surface area contributed by atoms with Crippen LogP contribution in [0.4, 0.5) is 0 Å². The minimum absolute atomic E-state index is 0.0459. The number of rotatable bonds is 5. The summed E-state index contributed by atoms with van der Waals surface area (Å²) in [6.07, 6.45) is 0. The van der Waals surface area contributed by atoms with Gasteiger partial charge in [0.2, 0.25) is 0 Å². The zero-order valence-electron chi connectivity index (χ0n) is 21.1. The maximum Gasteiger partial charge on any atom is 0.330 e. The van der Waals surface area contributed by atoms with Gasteiger partial charge in [0.1, 0.15) is 11.2 Å². The highest BCUT2D eigenvalue weighted by Gasteiger charge is 2.33. The van der Waals surface area contributed by atoms with Crippen molar-refractivity contribution >= 4 is 65.7 Å². The molecule has 0 saturated heterocycles. The molecule has 1 heterocycles. The van der Waals surface area contributed by atoms with Gasteiger partial charge < -0.3 is 9.07 Å². The monoisotopic (exact) mass is 487 g/mol. The van der Waals surface area contributed by atoms with Gasteiger partial charge >= 0.3 is 7.48 Å². The van der Waals surface area contributed by atoms with Crippen molar-refractivity contribution < 1.29 is 9.07 Å². The molecule has 0 aliphatic heterocycles. The molecule has 4 heteroatoms. The van der Waals surface area contributed by atoms with Crippen LogP contribution in [-0.2, 0) is 4.65 Å². The lowest BCUT2D eigenvalue weighted by atomic mass is 9.82. The van der Waals surface area contributed by atoms with Crippen LogP contribution in [-0.4, -0.2) is 18.2 Å². The van der Waals surface area contributed by atoms with Crippen molar-refractivity contribution in [2.24, 2.45) is 0 Å². The van der Waals surface area contributed by atoms with Gasteiger partial charge in [0.25, 0.3) is 0 Å². The molecular formula is C32H29BO2P. The summed E-state index contributed by atoms with van der Waals surface area (Å²) < 4.78 is 12.4. The Hall–Kier alpha value is -3.13. The van der Waals surface area contributed by atoms with Crippen LogP contribution >= 0.6 is 9.24 Å². The number of furan rings is 1. The standard InChI is InChI=1S/C32H29BO2P/c1-31(2,32(3,4)36)35-33-24-13-14-26-22(16-24)10-7-11-25(26)23-12-15-29-27(18-23)28-17-20-8-5-6-9-21(20)19-30(28)34-29/h5-19H,36H2,1-4H3. The van der Waals surface area contributed by atoms with Crippen molar-refractivity contribution in [2.75, 3.05) is 0 Å². The Morgan fingerprint density at radius 2 is 1.39 bits per heavy atom. The van der Waals surface area contributed by atoms with Crippen molar-refractivity contribution in [3.8, 4) is 11.1 Å². The van der Waals surface area contributed by atoms with Gasteiger partial charge in [-0.1, -0.05) is 86.0 Å². The fourth-order valence-corrected chi connectivity index (χ4v) is 4.69. The Morgan fingerprint density at radius 1 is 0.667 bits per heavy atom. The first-order chi connectivity index (χ1) is 17.2. The van der Waals surface area contributed by atoms with E-state index in [4.69, 9.17) is 9.07 Å². The SMILES string of the molecule is CC(C)(P)C(C)(C)O[B]c1ccc2c(-c3ccc4oc5cc6ccccc6cc5c4c3)cccc2c1. The van der Waals surface area contributed by atoms with Crippen molar-refractivity contribution in [1.29, 1.82) is 0 Å². The summed E-state index contributed by atoms with van der Waals surface area (Å²) in [4.78, 5) is 0. The molecule has 177 valence electrons. The van der Waals surface area contributed by atoms with Gasteiger partial charge in [-0.3, -0.25) is 0 Å². The molecule has 0 aliphatic carbocycles. The van der Waals surface area contributed by atoms with Gasteiger partial charge in [-0.25, -0.2) is 0 Å². The second kappa shape index (κ2) is 8.48. The summed E-state index contributed by atoms with van der Waals surface area (Å²) in [5.41, 5.74) is 4.99. The normalized spacial score (nSPS) is 12.7. The van der Waals surface area contributed by atoms with Crippen molar-refractivity contribution in [2.45, 2.75) is 38.5 Å². The molecule has 5 aromatic carbocycles. The summed E-state index contributed by atoms with van der Waals surface area (Å²) in [5, 5.41) is 7.08. The number of hydrogen-bond donors (Lipinski definition) is 0. The maximum absolute atomic E-state index is 6.21. The van der Waals surface area contributed by atoms with Gasteiger partial charge in [-0.2, -0.15) is 0 Å². The van der Waals surface area contributed by atoms with Crippen LogP contribution in [0.3, 0.4) is 0 Å². The van der Waals surface area contributed by atoms with E-state index in [1.54, 1.807) is 0 Å². The number of benzene rings is 5. The first kappa shape index (κ1) is 23.3. The van der Waals surface area contributed by atoms with Gasteiger partial charge in [0.05, 0.1) is 5.60 Å². The van der Waals surface area contributed by atoms with Crippen LogP contribution in [0, 0.1) is 0 Å². The minimum Gasteiger partial charge on any atom is -0.456 e. The predicted molar refractivity (Wildman–Crippen MR) is 159 cm³/mol. The second-order valence-corrected chi connectivity index (χ2v) is 12.2. The van der Waals surface area contributed by atoms with Gasteiger partial charge in [-0.05, 0) is 70.8 Å². The Labute approximate surface area is 215 Å². The minimum atomic E-state index is -0.303. The van der Waals surface area contributed by atoms with Crippen molar-refractivity contribution in [3.63, 3.8) is 0 Å². The highest BCUT2D eigenvalue weighted by molar-refractivity contribution is 7.19. The molecule has 0 amide bonds. The van der Waals surface area contributed by atoms with E-state index in [-0.39, 0.29) is 10.8 Å². The van der Waals surface area contributed by atoms with E-state index in [0.29, 0.717) is 0 Å². The van der Waals surface area contributed by atoms with Gasteiger partial charge in [0.15, 0.2) is 0 Å². The van der Waals surface area contributed by atoms with E-state index < -0.39 is 0 Å². The lowest BCUT2D eigenvalue weighted by Gasteiger charge is -2.39. The molecule has 1 aromatic heterocycles. The van der Waals surface area contributed by atoms with Crippen LogP contribution in [0.1, 0.15) is 27.7 Å². The van der Waals surface area contributed by atoms with Crippen molar-refractivity contribution in [3.05, 3.63) is 91.0 Å². The van der Waals surface area contributed by atoms with Crippen LogP contribution in [0.25, 0.3) is 54.6 Å². The lowest BCUT2D eigenvalue weighted by molar-refractivity contribution is 0.0841. The first-order valence-corrected chi connectivity index (χ1v) is 13.0. The maximum atomic E-state index is 6.21. The Kier molecular flexibility index (Phi) is 5.48. The molecule has 0 N–H and O–H groups in total. The molecule has 0 bridgehead atoms. The highest BCUT2D eigenvalue weighted by atomic mass is 31.0. The van der Waals surface area contributed by atoms with E-state index >= 15 is 0 Å². The van der Waals surface area contributed by atoms with Gasteiger partial charge in [-0.15, -0.1) is 9.24 Å². The molecule has 2 nitrogen and oxygen atoms in total. The average molecular weight is 487 g/mol. The predicted octanol–water partition coefficient (Wildman–Crippen LogP) is 8.25. The number of hydrogen-bond acceptors (Lipinski definition) is 2. The summed E-state index contributed by atoms with van der Waals surface area (Å²) in [6, 6.07) is 32.3. The molecule has 1 radical (unpaired) electrons. The molecular weight excluding hydrogens is 458 g/mol.